The van der Waals surface area contributed by atoms with Crippen LogP contribution in [-0.4, -0.2) is 40.0 Å². The molecule has 0 spiro atoms. The molecule has 3 aromatic rings. The maximum Gasteiger partial charge on any atom is 0.416 e. The number of ketones is 1. The minimum atomic E-state index is -4.46. The quantitative estimate of drug-likeness (QED) is 0.560. The van der Waals surface area contributed by atoms with Gasteiger partial charge in [-0.1, -0.05) is 0 Å². The van der Waals surface area contributed by atoms with Gasteiger partial charge in [0.1, 0.15) is 11.5 Å². The molecule has 1 atom stereocenters. The summed E-state index contributed by atoms with van der Waals surface area (Å²) in [6.45, 7) is 2.10. The molecule has 4 rings (SSSR count). The van der Waals surface area contributed by atoms with Gasteiger partial charge in [-0.25, -0.2) is 4.98 Å². The lowest BCUT2D eigenvalue weighted by atomic mass is 10.0. The molecule has 7 nitrogen and oxygen atoms in total. The second-order valence-corrected chi connectivity index (χ2v) is 7.52. The third kappa shape index (κ3) is 4.58. The van der Waals surface area contributed by atoms with Gasteiger partial charge >= 0.3 is 6.18 Å². The maximum absolute atomic E-state index is 13.3. The summed E-state index contributed by atoms with van der Waals surface area (Å²) < 4.78 is 40.2. The van der Waals surface area contributed by atoms with Crippen molar-refractivity contribution in [3.05, 3.63) is 71.2 Å². The van der Waals surface area contributed by atoms with Gasteiger partial charge < -0.3 is 10.2 Å². The molecule has 1 aromatic carbocycles. The Morgan fingerprint density at radius 1 is 1.21 bits per heavy atom. The third-order valence-corrected chi connectivity index (χ3v) is 5.39. The van der Waals surface area contributed by atoms with Crippen LogP contribution in [-0.2, 0) is 12.6 Å². The van der Waals surface area contributed by atoms with E-state index in [4.69, 9.17) is 0 Å². The van der Waals surface area contributed by atoms with Crippen LogP contribution in [0.25, 0.3) is 0 Å². The Balaban J connectivity index is 0.00000306. The van der Waals surface area contributed by atoms with E-state index in [-0.39, 0.29) is 44.0 Å². The fourth-order valence-electron chi connectivity index (χ4n) is 3.80. The molecule has 0 bridgehead atoms. The number of carbonyl (C=O) groups is 2. The molecule has 174 valence electrons. The summed E-state index contributed by atoms with van der Waals surface area (Å²) in [6.07, 6.45) is -1.46. The molecular formula is C22H22F3N5O2S. The number of aromatic nitrogens is 3. The van der Waals surface area contributed by atoms with Gasteiger partial charge in [0.15, 0.2) is 5.78 Å². The summed E-state index contributed by atoms with van der Waals surface area (Å²) in [7, 11) is 1.66. The van der Waals surface area contributed by atoms with Crippen LogP contribution in [0.5, 0.6) is 0 Å². The Bertz CT molecular complexity index is 1180. The van der Waals surface area contributed by atoms with Gasteiger partial charge in [0.2, 0.25) is 0 Å². The van der Waals surface area contributed by atoms with Crippen molar-refractivity contribution in [2.24, 2.45) is 0 Å². The summed E-state index contributed by atoms with van der Waals surface area (Å²) in [5, 5.41) is 7.16. The number of nitrogens with zero attached hydrogens (tertiary/aromatic N) is 4. The van der Waals surface area contributed by atoms with Crippen molar-refractivity contribution in [3.8, 4) is 0 Å². The first kappa shape index (κ1) is 24.3. The molecule has 2 aromatic heterocycles. The number of anilines is 2. The van der Waals surface area contributed by atoms with Crippen molar-refractivity contribution in [3.63, 3.8) is 0 Å². The molecule has 0 saturated carbocycles. The minimum Gasteiger partial charge on any atom is -0.373 e. The molecule has 0 radical (unpaired) electrons. The molecule has 0 fully saturated rings. The average Bonchev–Trinajstić information content (AvgIpc) is 3.20. The van der Waals surface area contributed by atoms with E-state index >= 15 is 0 Å². The topological polar surface area (TPSA) is 80.1 Å². The molecule has 3 heterocycles. The van der Waals surface area contributed by atoms with Crippen LogP contribution in [0.4, 0.5) is 24.7 Å². The Morgan fingerprint density at radius 2 is 1.91 bits per heavy atom. The largest absolute Gasteiger partial charge is 0.416 e. The summed E-state index contributed by atoms with van der Waals surface area (Å²) in [6, 6.07) is 7.53. The van der Waals surface area contributed by atoms with E-state index in [0.29, 0.717) is 22.6 Å². The first-order chi connectivity index (χ1) is 15.2. The highest BCUT2D eigenvalue weighted by Gasteiger charge is 2.35. The van der Waals surface area contributed by atoms with Gasteiger partial charge in [0, 0.05) is 37.5 Å². The Labute approximate surface area is 195 Å². The number of amides is 1. The molecule has 1 amide bonds. The monoisotopic (exact) mass is 477 g/mol. The lowest BCUT2D eigenvalue weighted by Gasteiger charge is -2.32. The molecule has 1 aliphatic heterocycles. The van der Waals surface area contributed by atoms with E-state index in [0.717, 1.165) is 12.1 Å². The fourth-order valence-corrected chi connectivity index (χ4v) is 3.80. The number of Topliss-reactive ketones (excluding diaryl/α,β-unsaturated/α-hetero) is 1. The number of hydrogen-bond acceptors (Lipinski definition) is 5. The Kier molecular flexibility index (Phi) is 6.82. The van der Waals surface area contributed by atoms with E-state index in [1.54, 1.807) is 30.1 Å². The van der Waals surface area contributed by atoms with E-state index in [1.807, 2.05) is 6.92 Å². The Hall–Kier alpha value is -3.34. The summed E-state index contributed by atoms with van der Waals surface area (Å²) in [5.41, 5.74) is 0.670. The molecular weight excluding hydrogens is 455 g/mol. The van der Waals surface area contributed by atoms with E-state index in [1.165, 1.54) is 23.2 Å². The zero-order chi connectivity index (χ0) is 23.0. The molecule has 0 saturated heterocycles. The SMILES string of the molecule is CNc1ncccc1C(=O)Cc1cnn2c1C(=O)N(c1ccc(C(F)(F)F)cc1)C[C@@H]2C.S. The number of carbonyl (C=O) groups excluding carboxylic acids is 2. The number of benzene rings is 1. The lowest BCUT2D eigenvalue weighted by Crippen LogP contribution is -2.43. The Morgan fingerprint density at radius 3 is 2.55 bits per heavy atom. The number of alkyl halides is 3. The van der Waals surface area contributed by atoms with Gasteiger partial charge in [-0.15, -0.1) is 0 Å². The predicted molar refractivity (Wildman–Crippen MR) is 122 cm³/mol. The van der Waals surface area contributed by atoms with Crippen LogP contribution >= 0.6 is 13.5 Å². The van der Waals surface area contributed by atoms with Crippen molar-refractivity contribution >= 4 is 36.7 Å². The van der Waals surface area contributed by atoms with Gasteiger partial charge in [0.25, 0.3) is 5.91 Å². The highest BCUT2D eigenvalue weighted by atomic mass is 32.1. The molecule has 33 heavy (non-hydrogen) atoms. The number of nitrogens with one attached hydrogen (secondary N) is 1. The number of pyridine rings is 1. The zero-order valence-corrected chi connectivity index (χ0v) is 18.8. The molecule has 11 heteroatoms. The summed E-state index contributed by atoms with van der Waals surface area (Å²) in [4.78, 5) is 31.7. The van der Waals surface area contributed by atoms with Gasteiger partial charge in [-0.05, 0) is 43.3 Å². The predicted octanol–water partition coefficient (Wildman–Crippen LogP) is 4.10. The number of hydrogen-bond donors (Lipinski definition) is 1. The van der Waals surface area contributed by atoms with Gasteiger partial charge in [-0.2, -0.15) is 31.8 Å². The van der Waals surface area contributed by atoms with Gasteiger partial charge in [0.05, 0.1) is 23.4 Å². The highest BCUT2D eigenvalue weighted by Crippen LogP contribution is 2.33. The van der Waals surface area contributed by atoms with Crippen molar-refractivity contribution in [2.45, 2.75) is 25.6 Å². The van der Waals surface area contributed by atoms with Crippen molar-refractivity contribution in [1.82, 2.24) is 14.8 Å². The van der Waals surface area contributed by atoms with E-state index < -0.39 is 17.6 Å². The van der Waals surface area contributed by atoms with Crippen LogP contribution in [0.3, 0.4) is 0 Å². The normalized spacial score (nSPS) is 15.6. The third-order valence-electron chi connectivity index (χ3n) is 5.39. The standard InChI is InChI=1S/C22H20F3N5O2.H2S/c1-13-12-29(16-7-5-15(6-8-16)22(23,24)25)21(32)19-14(11-28-30(13)19)10-18(31)17-4-3-9-27-20(17)26-2;/h3-9,11,13H,10,12H2,1-2H3,(H,26,27);1H2/t13-;/m0./s1. The van der Waals surface area contributed by atoms with E-state index in [2.05, 4.69) is 15.4 Å². The summed E-state index contributed by atoms with van der Waals surface area (Å²) in [5.74, 6) is -0.210. The highest BCUT2D eigenvalue weighted by molar-refractivity contribution is 7.59. The smallest absolute Gasteiger partial charge is 0.373 e. The second kappa shape index (κ2) is 9.26. The fraction of sp³-hybridized carbons (Fsp3) is 0.273. The lowest BCUT2D eigenvalue weighted by molar-refractivity contribution is -0.137. The zero-order valence-electron chi connectivity index (χ0n) is 17.8. The minimum absolute atomic E-state index is 0. The molecule has 0 aliphatic carbocycles. The van der Waals surface area contributed by atoms with Crippen LogP contribution in [0.1, 0.15) is 44.9 Å². The average molecular weight is 478 g/mol. The number of fused-ring (bicyclic) bond motifs is 1. The summed E-state index contributed by atoms with van der Waals surface area (Å²) >= 11 is 0. The van der Waals surface area contributed by atoms with Crippen LogP contribution in [0, 0.1) is 0 Å². The molecule has 1 aliphatic rings. The number of halogens is 3. The maximum atomic E-state index is 13.3. The van der Waals surface area contributed by atoms with E-state index in [9.17, 15) is 22.8 Å². The van der Waals surface area contributed by atoms with Gasteiger partial charge in [-0.3, -0.25) is 14.3 Å². The number of rotatable bonds is 5. The molecule has 0 unspecified atom stereocenters. The van der Waals surface area contributed by atoms with Crippen LogP contribution < -0.4 is 10.2 Å². The van der Waals surface area contributed by atoms with Crippen molar-refractivity contribution in [2.75, 3.05) is 23.8 Å². The van der Waals surface area contributed by atoms with Crippen LogP contribution in [0.15, 0.2) is 48.8 Å². The van der Waals surface area contributed by atoms with Crippen LogP contribution in [0.2, 0.25) is 0 Å². The first-order valence-electron chi connectivity index (χ1n) is 9.92. The first-order valence-corrected chi connectivity index (χ1v) is 9.92. The molecule has 1 N–H and O–H groups in total. The van der Waals surface area contributed by atoms with Crippen molar-refractivity contribution < 1.29 is 22.8 Å². The van der Waals surface area contributed by atoms with Crippen molar-refractivity contribution in [1.29, 1.82) is 0 Å². The second-order valence-electron chi connectivity index (χ2n) is 7.52.